The zero-order valence-corrected chi connectivity index (χ0v) is 14.6. The van der Waals surface area contributed by atoms with Gasteiger partial charge in [0.25, 0.3) is 5.91 Å². The summed E-state index contributed by atoms with van der Waals surface area (Å²) >= 11 is 1.25. The molecule has 25 heavy (non-hydrogen) atoms. The quantitative estimate of drug-likeness (QED) is 0.784. The van der Waals surface area contributed by atoms with Crippen LogP contribution in [0, 0.1) is 5.82 Å². The molecule has 1 atom stereocenters. The number of thiophene rings is 1. The highest BCUT2D eigenvalue weighted by atomic mass is 32.1. The van der Waals surface area contributed by atoms with Gasteiger partial charge in [0.05, 0.1) is 13.2 Å². The maximum absolute atomic E-state index is 13.0. The predicted molar refractivity (Wildman–Crippen MR) is 92.0 cm³/mol. The first-order valence-corrected chi connectivity index (χ1v) is 8.79. The summed E-state index contributed by atoms with van der Waals surface area (Å²) in [5.74, 6) is -1.06. The fraction of sp³-hybridized carbons (Fsp3) is 0.333. The SMILES string of the molecule is CC(OC(=O)c1ccc(-c2ccc(F)cc2)s1)C(=O)N1CCOCC1. The minimum atomic E-state index is -0.845. The molecule has 1 aromatic carbocycles. The van der Waals surface area contributed by atoms with E-state index in [9.17, 15) is 14.0 Å². The highest BCUT2D eigenvalue weighted by Gasteiger charge is 2.26. The van der Waals surface area contributed by atoms with E-state index in [1.165, 1.54) is 23.5 Å². The van der Waals surface area contributed by atoms with Gasteiger partial charge in [-0.1, -0.05) is 12.1 Å². The molecular formula is C18H18FNO4S. The summed E-state index contributed by atoms with van der Waals surface area (Å²) in [4.78, 5) is 27.4. The van der Waals surface area contributed by atoms with Crippen LogP contribution in [0.4, 0.5) is 4.39 Å². The number of rotatable bonds is 4. The molecule has 0 bridgehead atoms. The topological polar surface area (TPSA) is 55.8 Å². The Labute approximate surface area is 149 Å². The first-order chi connectivity index (χ1) is 12.0. The maximum Gasteiger partial charge on any atom is 0.349 e. The average Bonchev–Trinajstić information content (AvgIpc) is 3.12. The van der Waals surface area contributed by atoms with E-state index in [0.29, 0.717) is 31.2 Å². The molecular weight excluding hydrogens is 345 g/mol. The van der Waals surface area contributed by atoms with Crippen LogP contribution in [0.25, 0.3) is 10.4 Å². The Morgan fingerprint density at radius 3 is 2.52 bits per heavy atom. The molecule has 1 aromatic heterocycles. The van der Waals surface area contributed by atoms with E-state index >= 15 is 0 Å². The van der Waals surface area contributed by atoms with Crippen LogP contribution < -0.4 is 0 Å². The van der Waals surface area contributed by atoms with Gasteiger partial charge in [-0.2, -0.15) is 0 Å². The van der Waals surface area contributed by atoms with Gasteiger partial charge in [0.2, 0.25) is 0 Å². The molecule has 0 spiro atoms. The van der Waals surface area contributed by atoms with Crippen LogP contribution in [0.2, 0.25) is 0 Å². The Bertz CT molecular complexity index is 753. The fourth-order valence-corrected chi connectivity index (χ4v) is 3.42. The number of benzene rings is 1. The highest BCUT2D eigenvalue weighted by molar-refractivity contribution is 7.17. The van der Waals surface area contributed by atoms with Crippen molar-refractivity contribution >= 4 is 23.2 Å². The summed E-state index contributed by atoms with van der Waals surface area (Å²) < 4.78 is 23.5. The molecule has 3 rings (SSSR count). The molecule has 1 fully saturated rings. The molecule has 1 aliphatic heterocycles. The molecule has 2 heterocycles. The molecule has 0 radical (unpaired) electrons. The Balaban J connectivity index is 1.63. The molecule has 0 saturated carbocycles. The molecule has 0 N–H and O–H groups in total. The summed E-state index contributed by atoms with van der Waals surface area (Å²) in [5, 5.41) is 0. The third kappa shape index (κ3) is 4.24. The third-order valence-electron chi connectivity index (χ3n) is 3.89. The van der Waals surface area contributed by atoms with Gasteiger partial charge in [0.1, 0.15) is 10.7 Å². The monoisotopic (exact) mass is 363 g/mol. The van der Waals surface area contributed by atoms with E-state index in [2.05, 4.69) is 0 Å². The average molecular weight is 363 g/mol. The summed E-state index contributed by atoms with van der Waals surface area (Å²) in [7, 11) is 0. The normalized spacial score (nSPS) is 15.7. The fourth-order valence-electron chi connectivity index (χ4n) is 2.53. The lowest BCUT2D eigenvalue weighted by Gasteiger charge is -2.28. The van der Waals surface area contributed by atoms with Crippen molar-refractivity contribution in [1.29, 1.82) is 0 Å². The van der Waals surface area contributed by atoms with Gasteiger partial charge in [-0.25, -0.2) is 9.18 Å². The van der Waals surface area contributed by atoms with Gasteiger partial charge < -0.3 is 14.4 Å². The summed E-state index contributed by atoms with van der Waals surface area (Å²) in [6.07, 6.45) is -0.845. The second kappa shape index (κ2) is 7.76. The number of amides is 1. The lowest BCUT2D eigenvalue weighted by Crippen LogP contribution is -2.46. The van der Waals surface area contributed by atoms with Crippen molar-refractivity contribution in [2.24, 2.45) is 0 Å². The second-order valence-corrected chi connectivity index (χ2v) is 6.74. The van der Waals surface area contributed by atoms with E-state index in [0.717, 1.165) is 10.4 Å². The van der Waals surface area contributed by atoms with Crippen LogP contribution in [-0.2, 0) is 14.3 Å². The third-order valence-corrected chi connectivity index (χ3v) is 5.00. The summed E-state index contributed by atoms with van der Waals surface area (Å²) in [6, 6.07) is 9.48. The van der Waals surface area contributed by atoms with E-state index in [1.807, 2.05) is 0 Å². The van der Waals surface area contributed by atoms with Crippen LogP contribution in [-0.4, -0.2) is 49.2 Å². The number of carbonyl (C=O) groups excluding carboxylic acids is 2. The molecule has 5 nitrogen and oxygen atoms in total. The van der Waals surface area contributed by atoms with E-state index in [-0.39, 0.29) is 11.7 Å². The zero-order valence-electron chi connectivity index (χ0n) is 13.7. The lowest BCUT2D eigenvalue weighted by molar-refractivity contribution is -0.143. The first-order valence-electron chi connectivity index (χ1n) is 7.98. The van der Waals surface area contributed by atoms with Gasteiger partial charge in [0.15, 0.2) is 6.10 Å². The van der Waals surface area contributed by atoms with E-state index in [4.69, 9.17) is 9.47 Å². The van der Waals surface area contributed by atoms with Crippen molar-refractivity contribution in [2.75, 3.05) is 26.3 Å². The standard InChI is InChI=1S/C18H18FNO4S/c1-12(17(21)20-8-10-23-11-9-20)24-18(22)16-7-6-15(25-16)13-2-4-14(19)5-3-13/h2-7,12H,8-11H2,1H3. The maximum atomic E-state index is 13.0. The van der Waals surface area contributed by atoms with Crippen LogP contribution in [0.5, 0.6) is 0 Å². The number of morpholine rings is 1. The smallest absolute Gasteiger partial charge is 0.349 e. The van der Waals surface area contributed by atoms with Crippen molar-refractivity contribution in [3.05, 3.63) is 47.1 Å². The Hall–Kier alpha value is -2.25. The molecule has 0 aliphatic carbocycles. The molecule has 1 unspecified atom stereocenters. The highest BCUT2D eigenvalue weighted by Crippen LogP contribution is 2.28. The minimum absolute atomic E-state index is 0.216. The summed E-state index contributed by atoms with van der Waals surface area (Å²) in [6.45, 7) is 3.59. The van der Waals surface area contributed by atoms with Crippen molar-refractivity contribution in [1.82, 2.24) is 4.90 Å². The molecule has 1 saturated heterocycles. The number of halogens is 1. The predicted octanol–water partition coefficient (Wildman–Crippen LogP) is 2.96. The Morgan fingerprint density at radius 2 is 1.84 bits per heavy atom. The molecule has 7 heteroatoms. The number of ether oxygens (including phenoxy) is 2. The van der Waals surface area contributed by atoms with Crippen molar-refractivity contribution in [2.45, 2.75) is 13.0 Å². The first kappa shape index (κ1) is 17.6. The number of hydrogen-bond acceptors (Lipinski definition) is 5. The van der Waals surface area contributed by atoms with Crippen LogP contribution in [0.1, 0.15) is 16.6 Å². The van der Waals surface area contributed by atoms with Gasteiger partial charge in [0, 0.05) is 18.0 Å². The molecule has 132 valence electrons. The van der Waals surface area contributed by atoms with Crippen LogP contribution >= 0.6 is 11.3 Å². The number of hydrogen-bond donors (Lipinski definition) is 0. The van der Waals surface area contributed by atoms with Crippen LogP contribution in [0.15, 0.2) is 36.4 Å². The van der Waals surface area contributed by atoms with Crippen molar-refractivity contribution in [3.63, 3.8) is 0 Å². The van der Waals surface area contributed by atoms with Crippen molar-refractivity contribution < 1.29 is 23.5 Å². The largest absolute Gasteiger partial charge is 0.448 e. The number of nitrogens with zero attached hydrogens (tertiary/aromatic N) is 1. The van der Waals surface area contributed by atoms with Gasteiger partial charge in [-0.15, -0.1) is 11.3 Å². The van der Waals surface area contributed by atoms with Crippen molar-refractivity contribution in [3.8, 4) is 10.4 Å². The Morgan fingerprint density at radius 1 is 1.16 bits per heavy atom. The molecule has 1 aliphatic rings. The minimum Gasteiger partial charge on any atom is -0.448 e. The van der Waals surface area contributed by atoms with Gasteiger partial charge in [-0.05, 0) is 36.8 Å². The molecule has 2 aromatic rings. The van der Waals surface area contributed by atoms with E-state index in [1.54, 1.807) is 36.1 Å². The van der Waals surface area contributed by atoms with Gasteiger partial charge in [-0.3, -0.25) is 4.79 Å². The van der Waals surface area contributed by atoms with Crippen LogP contribution in [0.3, 0.4) is 0 Å². The summed E-state index contributed by atoms with van der Waals surface area (Å²) in [5.41, 5.74) is 0.822. The number of carbonyl (C=O) groups is 2. The Kier molecular flexibility index (Phi) is 5.45. The van der Waals surface area contributed by atoms with E-state index < -0.39 is 12.1 Å². The second-order valence-electron chi connectivity index (χ2n) is 5.66. The lowest BCUT2D eigenvalue weighted by atomic mass is 10.2. The number of esters is 1. The van der Waals surface area contributed by atoms with Gasteiger partial charge >= 0.3 is 5.97 Å². The molecule has 1 amide bonds. The zero-order chi connectivity index (χ0) is 17.8.